The van der Waals surface area contributed by atoms with E-state index < -0.39 is 6.10 Å². The molecule has 1 saturated carbocycles. The Hall–Kier alpha value is -2.06. The Balaban J connectivity index is 1.67. The highest BCUT2D eigenvalue weighted by Crippen LogP contribution is 2.35. The molecule has 1 aliphatic rings. The van der Waals surface area contributed by atoms with Gasteiger partial charge in [-0.05, 0) is 42.5 Å². The average molecular weight is 402 g/mol. The first-order valence-electron chi connectivity index (χ1n) is 10.1. The molecule has 4 atom stereocenters. The van der Waals surface area contributed by atoms with Crippen LogP contribution in [-0.4, -0.2) is 59.8 Å². The highest BCUT2D eigenvalue weighted by atomic mass is 16.5. The van der Waals surface area contributed by atoms with E-state index in [0.29, 0.717) is 32.4 Å². The van der Waals surface area contributed by atoms with Crippen LogP contribution in [0.15, 0.2) is 36.5 Å². The van der Waals surface area contributed by atoms with Crippen LogP contribution in [0.1, 0.15) is 23.5 Å². The van der Waals surface area contributed by atoms with E-state index in [1.807, 2.05) is 30.3 Å². The van der Waals surface area contributed by atoms with Crippen molar-refractivity contribution in [2.75, 3.05) is 27.4 Å². The third-order valence-corrected chi connectivity index (χ3v) is 5.73. The van der Waals surface area contributed by atoms with E-state index >= 15 is 0 Å². The van der Waals surface area contributed by atoms with Crippen LogP contribution in [0.4, 0.5) is 0 Å². The summed E-state index contributed by atoms with van der Waals surface area (Å²) >= 11 is 0. The number of benzene rings is 1. The number of nitrogens with zero attached hydrogens (tertiary/aromatic N) is 2. The fraction of sp³-hybridized carbons (Fsp3) is 0.545. The van der Waals surface area contributed by atoms with Gasteiger partial charge >= 0.3 is 0 Å². The zero-order chi connectivity index (χ0) is 20.6. The molecule has 1 aromatic heterocycles. The van der Waals surface area contributed by atoms with Gasteiger partial charge in [-0.25, -0.2) is 9.97 Å². The van der Waals surface area contributed by atoms with Gasteiger partial charge in [0.1, 0.15) is 11.6 Å². The highest BCUT2D eigenvalue weighted by molar-refractivity contribution is 5.27. The average Bonchev–Trinajstić information content (AvgIpc) is 3.05. The molecule has 1 aliphatic carbocycles. The molecule has 0 saturated heterocycles. The van der Waals surface area contributed by atoms with Gasteiger partial charge in [-0.1, -0.05) is 12.1 Å². The van der Waals surface area contributed by atoms with Crippen molar-refractivity contribution < 1.29 is 19.7 Å². The van der Waals surface area contributed by atoms with Crippen molar-refractivity contribution in [3.05, 3.63) is 53.6 Å². The van der Waals surface area contributed by atoms with Gasteiger partial charge in [-0.15, -0.1) is 0 Å². The SMILES string of the molecule is COCCc1nccc(CC2C(NCc3ccc(OC)cc3)CC(O)C2CO)n1. The Labute approximate surface area is 172 Å². The number of nitrogens with one attached hydrogen (secondary N) is 1. The molecule has 2 aromatic rings. The lowest BCUT2D eigenvalue weighted by atomic mass is 9.88. The fourth-order valence-electron chi connectivity index (χ4n) is 4.08. The van der Waals surface area contributed by atoms with Crippen LogP contribution >= 0.6 is 0 Å². The van der Waals surface area contributed by atoms with E-state index in [4.69, 9.17) is 9.47 Å². The van der Waals surface area contributed by atoms with Gasteiger partial charge in [0.05, 0.1) is 19.8 Å². The molecule has 158 valence electrons. The van der Waals surface area contributed by atoms with Crippen molar-refractivity contribution >= 4 is 0 Å². The quantitative estimate of drug-likeness (QED) is 0.553. The first kappa shape index (κ1) is 21.6. The normalized spacial score (nSPS) is 24.0. The predicted octanol–water partition coefficient (Wildman–Crippen LogP) is 1.36. The van der Waals surface area contributed by atoms with E-state index in [2.05, 4.69) is 15.3 Å². The van der Waals surface area contributed by atoms with Crippen LogP contribution in [0.5, 0.6) is 5.75 Å². The minimum absolute atomic E-state index is 0.0336. The molecule has 3 N–H and O–H groups in total. The molecule has 0 radical (unpaired) electrons. The summed E-state index contributed by atoms with van der Waals surface area (Å²) in [5.41, 5.74) is 2.08. The van der Waals surface area contributed by atoms with E-state index in [1.54, 1.807) is 20.4 Å². The van der Waals surface area contributed by atoms with Gasteiger partial charge in [0, 0.05) is 50.5 Å². The smallest absolute Gasteiger partial charge is 0.130 e. The van der Waals surface area contributed by atoms with Gasteiger partial charge in [-0.2, -0.15) is 0 Å². The number of rotatable bonds is 10. The molecule has 1 fully saturated rings. The van der Waals surface area contributed by atoms with Gasteiger partial charge in [-0.3, -0.25) is 0 Å². The molecule has 29 heavy (non-hydrogen) atoms. The Morgan fingerprint density at radius 3 is 2.62 bits per heavy atom. The molecule has 1 aromatic carbocycles. The van der Waals surface area contributed by atoms with E-state index in [1.165, 1.54) is 0 Å². The maximum atomic E-state index is 10.5. The molecular formula is C22H31N3O4. The second-order valence-corrected chi connectivity index (χ2v) is 7.56. The molecule has 0 spiro atoms. The number of hydrogen-bond donors (Lipinski definition) is 3. The van der Waals surface area contributed by atoms with Gasteiger partial charge in [0.2, 0.25) is 0 Å². The molecule has 7 heteroatoms. The summed E-state index contributed by atoms with van der Waals surface area (Å²) in [7, 11) is 3.31. The zero-order valence-corrected chi connectivity index (χ0v) is 17.1. The summed E-state index contributed by atoms with van der Waals surface area (Å²) in [6.45, 7) is 1.24. The third kappa shape index (κ3) is 5.73. The summed E-state index contributed by atoms with van der Waals surface area (Å²) in [5, 5.41) is 23.9. The van der Waals surface area contributed by atoms with Crippen molar-refractivity contribution in [3.8, 4) is 5.75 Å². The van der Waals surface area contributed by atoms with Crippen LogP contribution in [0.3, 0.4) is 0 Å². The van der Waals surface area contributed by atoms with Crippen LogP contribution < -0.4 is 10.1 Å². The Morgan fingerprint density at radius 2 is 1.93 bits per heavy atom. The van der Waals surface area contributed by atoms with Crippen molar-refractivity contribution in [2.24, 2.45) is 11.8 Å². The number of aliphatic hydroxyl groups excluding tert-OH is 2. The van der Waals surface area contributed by atoms with Crippen LogP contribution in [-0.2, 0) is 24.1 Å². The summed E-state index contributed by atoms with van der Waals surface area (Å²) in [6, 6.07) is 9.95. The number of methoxy groups -OCH3 is 2. The first-order chi connectivity index (χ1) is 14.1. The maximum absolute atomic E-state index is 10.5. The third-order valence-electron chi connectivity index (χ3n) is 5.73. The van der Waals surface area contributed by atoms with Crippen molar-refractivity contribution in [1.82, 2.24) is 15.3 Å². The summed E-state index contributed by atoms with van der Waals surface area (Å²) in [4.78, 5) is 8.94. The minimum Gasteiger partial charge on any atom is -0.497 e. The van der Waals surface area contributed by atoms with Gasteiger partial charge in [0.15, 0.2) is 0 Å². The molecule has 1 heterocycles. The zero-order valence-electron chi connectivity index (χ0n) is 17.1. The predicted molar refractivity (Wildman–Crippen MR) is 110 cm³/mol. The molecule has 0 bridgehead atoms. The molecule has 0 amide bonds. The van der Waals surface area contributed by atoms with Crippen molar-refractivity contribution in [3.63, 3.8) is 0 Å². The maximum Gasteiger partial charge on any atom is 0.130 e. The van der Waals surface area contributed by atoms with E-state index in [-0.39, 0.29) is 24.5 Å². The number of aliphatic hydroxyl groups is 2. The lowest BCUT2D eigenvalue weighted by molar-refractivity contribution is 0.0716. The van der Waals surface area contributed by atoms with Crippen LogP contribution in [0.2, 0.25) is 0 Å². The van der Waals surface area contributed by atoms with Gasteiger partial charge < -0.3 is 25.0 Å². The summed E-state index contributed by atoms with van der Waals surface area (Å²) < 4.78 is 10.3. The standard InChI is InChI=1S/C22H31N3O4/c1-28-10-8-22-23-9-7-16(25-22)11-18-19(14-26)21(27)12-20(18)24-13-15-3-5-17(29-2)6-4-15/h3-7,9,18-21,24,26-27H,8,10-14H2,1-2H3. The second-order valence-electron chi connectivity index (χ2n) is 7.56. The Kier molecular flexibility index (Phi) is 7.94. The molecule has 4 unspecified atom stereocenters. The lowest BCUT2D eigenvalue weighted by Gasteiger charge is -2.25. The second kappa shape index (κ2) is 10.6. The topological polar surface area (TPSA) is 96.7 Å². The van der Waals surface area contributed by atoms with Crippen LogP contribution in [0.25, 0.3) is 0 Å². The van der Waals surface area contributed by atoms with Gasteiger partial charge in [0.25, 0.3) is 0 Å². The van der Waals surface area contributed by atoms with E-state index in [9.17, 15) is 10.2 Å². The molecule has 7 nitrogen and oxygen atoms in total. The number of ether oxygens (including phenoxy) is 2. The monoisotopic (exact) mass is 401 g/mol. The lowest BCUT2D eigenvalue weighted by Crippen LogP contribution is -2.36. The number of hydrogen-bond acceptors (Lipinski definition) is 7. The van der Waals surface area contributed by atoms with Crippen LogP contribution in [0, 0.1) is 11.8 Å². The Bertz CT molecular complexity index is 756. The van der Waals surface area contributed by atoms with Crippen molar-refractivity contribution in [2.45, 2.75) is 38.0 Å². The van der Waals surface area contributed by atoms with E-state index in [0.717, 1.165) is 22.8 Å². The highest BCUT2D eigenvalue weighted by Gasteiger charge is 2.41. The molecule has 3 rings (SSSR count). The molecule has 0 aliphatic heterocycles. The molecular weight excluding hydrogens is 370 g/mol. The summed E-state index contributed by atoms with van der Waals surface area (Å²) in [6.07, 6.45) is 3.22. The fourth-order valence-corrected chi connectivity index (χ4v) is 4.08. The number of aromatic nitrogens is 2. The summed E-state index contributed by atoms with van der Waals surface area (Å²) in [5.74, 6) is 1.52. The van der Waals surface area contributed by atoms with Crippen molar-refractivity contribution in [1.29, 1.82) is 0 Å². The largest absolute Gasteiger partial charge is 0.497 e. The minimum atomic E-state index is -0.520. The first-order valence-corrected chi connectivity index (χ1v) is 10.1. The Morgan fingerprint density at radius 1 is 1.14 bits per heavy atom.